The van der Waals surface area contributed by atoms with Gasteiger partial charge in [0.2, 0.25) is 0 Å². The summed E-state index contributed by atoms with van der Waals surface area (Å²) in [6.45, 7) is 5.86. The van der Waals surface area contributed by atoms with Gasteiger partial charge in [-0.15, -0.1) is 0 Å². The van der Waals surface area contributed by atoms with Crippen molar-refractivity contribution >= 4 is 24.4 Å². The normalized spacial score (nSPS) is 13.1. The van der Waals surface area contributed by atoms with Crippen LogP contribution in [0.1, 0.15) is 59.3 Å². The van der Waals surface area contributed by atoms with Crippen LogP contribution in [0.3, 0.4) is 0 Å². The van der Waals surface area contributed by atoms with Crippen molar-refractivity contribution in [2.24, 2.45) is 0 Å². The second-order valence-electron chi connectivity index (χ2n) is 5.88. The Morgan fingerprint density at radius 1 is 1.00 bits per heavy atom. The zero-order valence-corrected chi connectivity index (χ0v) is 15.9. The lowest BCUT2D eigenvalue weighted by Crippen LogP contribution is -2.48. The van der Waals surface area contributed by atoms with Gasteiger partial charge in [0.05, 0.1) is 0 Å². The van der Waals surface area contributed by atoms with Crippen molar-refractivity contribution in [1.82, 2.24) is 0 Å². The molecule has 0 aromatic carbocycles. The number of carbonyl (C=O) groups is 1. The summed E-state index contributed by atoms with van der Waals surface area (Å²) in [5.41, 5.74) is 0. The van der Waals surface area contributed by atoms with Gasteiger partial charge in [-0.2, -0.15) is 17.2 Å². The van der Waals surface area contributed by atoms with Crippen LogP contribution in [0.5, 0.6) is 0 Å². The van der Waals surface area contributed by atoms with Crippen molar-refractivity contribution in [2.45, 2.75) is 82.7 Å². The van der Waals surface area contributed by atoms with Gasteiger partial charge in [-0.3, -0.25) is 4.55 Å². The molecule has 9 heteroatoms. The number of unbranched alkanes of at least 4 members (excludes halogenated alkanes) is 3. The van der Waals surface area contributed by atoms with Gasteiger partial charge in [-0.05, 0) is 18.1 Å². The minimum absolute atomic E-state index is 0.538. The molecule has 0 rings (SSSR count). The summed E-state index contributed by atoms with van der Waals surface area (Å²) in [5.74, 6) is -2.13. The monoisotopic (exact) mass is 374 g/mol. The van der Waals surface area contributed by atoms with Gasteiger partial charge < -0.3 is 4.43 Å². The van der Waals surface area contributed by atoms with E-state index < -0.39 is 29.7 Å². The highest BCUT2D eigenvalue weighted by Crippen LogP contribution is 2.33. The largest absolute Gasteiger partial charge is 0.514 e. The van der Waals surface area contributed by atoms with Crippen LogP contribution in [0.4, 0.5) is 8.78 Å². The van der Waals surface area contributed by atoms with E-state index in [1.165, 1.54) is 0 Å². The Hall–Kier alpha value is -0.543. The predicted octanol–water partition coefficient (Wildman–Crippen LogP) is 4.36. The molecular weight excluding hydrogens is 346 g/mol. The molecule has 0 aliphatic rings. The van der Waals surface area contributed by atoms with Crippen molar-refractivity contribution in [1.29, 1.82) is 0 Å². The van der Waals surface area contributed by atoms with E-state index in [-0.39, 0.29) is 0 Å². The molecule has 138 valence electrons. The maximum absolute atomic E-state index is 13.5. The van der Waals surface area contributed by atoms with Gasteiger partial charge in [0.1, 0.15) is 0 Å². The molecule has 0 spiro atoms. The molecule has 1 N–H and O–H groups in total. The van der Waals surface area contributed by atoms with Crippen molar-refractivity contribution in [3.63, 3.8) is 0 Å². The quantitative estimate of drug-likeness (QED) is 0.405. The molecule has 0 fully saturated rings. The Balaban J connectivity index is 5.41. The molecule has 0 amide bonds. The Morgan fingerprint density at radius 3 is 1.61 bits per heavy atom. The fourth-order valence-corrected chi connectivity index (χ4v) is 7.28. The van der Waals surface area contributed by atoms with Gasteiger partial charge in [0.15, 0.2) is 0 Å². The third-order valence-electron chi connectivity index (χ3n) is 3.83. The fraction of sp³-hybridized carbons (Fsp3) is 0.929. The first kappa shape index (κ1) is 22.5. The first-order chi connectivity index (χ1) is 10.6. The first-order valence-corrected chi connectivity index (χ1v) is 12.1. The van der Waals surface area contributed by atoms with Crippen LogP contribution in [-0.4, -0.2) is 32.5 Å². The molecule has 0 aliphatic carbocycles. The molecule has 0 unspecified atom stereocenters. The Labute approximate surface area is 138 Å². The lowest BCUT2D eigenvalue weighted by molar-refractivity contribution is -0.152. The molecule has 0 bridgehead atoms. The molecule has 0 radical (unpaired) electrons. The molecule has 23 heavy (non-hydrogen) atoms. The van der Waals surface area contributed by atoms with Crippen molar-refractivity contribution in [3.05, 3.63) is 0 Å². The van der Waals surface area contributed by atoms with E-state index >= 15 is 0 Å². The maximum Gasteiger partial charge on any atom is 0.464 e. The van der Waals surface area contributed by atoms with E-state index in [1.807, 2.05) is 20.8 Å². The zero-order chi connectivity index (χ0) is 18.1. The third kappa shape index (κ3) is 6.84. The van der Waals surface area contributed by atoms with Gasteiger partial charge in [0, 0.05) is 0 Å². The number of hydrogen-bond acceptors (Lipinski definition) is 4. The first-order valence-electron chi connectivity index (χ1n) is 8.14. The van der Waals surface area contributed by atoms with Crippen LogP contribution < -0.4 is 0 Å². The zero-order valence-electron chi connectivity index (χ0n) is 14.1. The molecule has 0 saturated heterocycles. The van der Waals surface area contributed by atoms with E-state index in [4.69, 9.17) is 8.98 Å². The van der Waals surface area contributed by atoms with Gasteiger partial charge >= 0.3 is 21.3 Å². The second kappa shape index (κ2) is 9.68. The number of halogens is 2. The summed E-state index contributed by atoms with van der Waals surface area (Å²) >= 11 is 0. The summed E-state index contributed by atoms with van der Waals surface area (Å²) in [4.78, 5) is 11.7. The van der Waals surface area contributed by atoms with Crippen LogP contribution in [0, 0.1) is 0 Å². The highest BCUT2D eigenvalue weighted by molar-refractivity contribution is 7.87. The minimum Gasteiger partial charge on any atom is -0.514 e. The SMILES string of the molecule is CCCC[Si](CCCC)(CCCC)OC(=O)C(F)(F)S(=O)(=O)O. The van der Waals surface area contributed by atoms with Crippen molar-refractivity contribution in [2.75, 3.05) is 0 Å². The molecule has 0 aromatic heterocycles. The van der Waals surface area contributed by atoms with E-state index in [2.05, 4.69) is 0 Å². The third-order valence-corrected chi connectivity index (χ3v) is 9.06. The summed E-state index contributed by atoms with van der Waals surface area (Å²) < 4.78 is 62.3. The Morgan fingerprint density at radius 2 is 1.35 bits per heavy atom. The molecule has 0 heterocycles. The predicted molar refractivity (Wildman–Crippen MR) is 87.5 cm³/mol. The number of rotatable bonds is 12. The smallest absolute Gasteiger partial charge is 0.464 e. The lowest BCUT2D eigenvalue weighted by Gasteiger charge is -2.32. The summed E-state index contributed by atoms with van der Waals surface area (Å²) in [5, 5.41) is -4.91. The standard InChI is InChI=1S/C14H28F2O5SSi/c1-4-7-10-23(11-8-5-2,12-9-6-3)21-13(17)14(15,16)22(18,19)20/h4-12H2,1-3H3,(H,18,19,20). The minimum atomic E-state index is -5.82. The topological polar surface area (TPSA) is 80.7 Å². The molecule has 0 saturated carbocycles. The van der Waals surface area contributed by atoms with Gasteiger partial charge in [-0.1, -0.05) is 59.3 Å². The number of hydrogen-bond donors (Lipinski definition) is 1. The summed E-state index contributed by atoms with van der Waals surface area (Å²) in [7, 11) is -8.64. The molecule has 0 atom stereocenters. The molecule has 0 aliphatic heterocycles. The van der Waals surface area contributed by atoms with E-state index in [0.29, 0.717) is 18.1 Å². The molecule has 5 nitrogen and oxygen atoms in total. The van der Waals surface area contributed by atoms with Crippen molar-refractivity contribution < 1.29 is 31.0 Å². The van der Waals surface area contributed by atoms with Crippen LogP contribution in [0.15, 0.2) is 0 Å². The second-order valence-corrected chi connectivity index (χ2v) is 11.4. The maximum atomic E-state index is 13.5. The average molecular weight is 375 g/mol. The van der Waals surface area contributed by atoms with E-state index in [9.17, 15) is 22.0 Å². The summed E-state index contributed by atoms with van der Waals surface area (Å²) in [6.07, 6.45) is 4.72. The lowest BCUT2D eigenvalue weighted by atomic mass is 10.4. The van der Waals surface area contributed by atoms with Crippen LogP contribution >= 0.6 is 0 Å². The van der Waals surface area contributed by atoms with Crippen LogP contribution in [0.25, 0.3) is 0 Å². The highest BCUT2D eigenvalue weighted by Gasteiger charge is 2.56. The molecular formula is C14H28F2O5SSi. The molecule has 0 aromatic rings. The average Bonchev–Trinajstić information content (AvgIpc) is 2.47. The van der Waals surface area contributed by atoms with Crippen LogP contribution in [0.2, 0.25) is 18.1 Å². The van der Waals surface area contributed by atoms with Crippen molar-refractivity contribution in [3.8, 4) is 0 Å². The van der Waals surface area contributed by atoms with Gasteiger partial charge in [-0.25, -0.2) is 4.79 Å². The van der Waals surface area contributed by atoms with E-state index in [1.54, 1.807) is 0 Å². The summed E-state index contributed by atoms with van der Waals surface area (Å²) in [6, 6.07) is 1.62. The fourth-order valence-electron chi connectivity index (χ4n) is 2.39. The van der Waals surface area contributed by atoms with E-state index in [0.717, 1.165) is 38.5 Å². The highest BCUT2D eigenvalue weighted by atomic mass is 32.2. The Bertz CT molecular complexity index is 446. The van der Waals surface area contributed by atoms with Gasteiger partial charge in [0.25, 0.3) is 8.32 Å². The number of alkyl halides is 2. The van der Waals surface area contributed by atoms with Crippen LogP contribution in [-0.2, 0) is 19.3 Å². The number of carbonyl (C=O) groups excluding carboxylic acids is 1. The Kier molecular flexibility index (Phi) is 9.45.